The molecule has 4 atom stereocenters. The number of halogens is 1. The summed E-state index contributed by atoms with van der Waals surface area (Å²) >= 11 is 0. The van der Waals surface area contributed by atoms with Crippen molar-refractivity contribution in [1.82, 2.24) is 10.2 Å². The fourth-order valence-electron chi connectivity index (χ4n) is 4.48. The molecule has 5 heteroatoms. The molecule has 1 aliphatic heterocycles. The maximum absolute atomic E-state index is 13.5. The van der Waals surface area contributed by atoms with E-state index in [1.165, 1.54) is 5.56 Å². The smallest absolute Gasteiger partial charge is 0.243 e. The van der Waals surface area contributed by atoms with Crippen LogP contribution in [0.1, 0.15) is 55.3 Å². The molecular weight excluding hydrogens is 379 g/mol. The highest BCUT2D eigenvalue weighted by atomic mass is 19.1. The molecular formula is C25H29FN2O2. The molecule has 0 bridgehead atoms. The second-order valence-corrected chi connectivity index (χ2v) is 8.93. The van der Waals surface area contributed by atoms with Crippen LogP contribution in [0.15, 0.2) is 54.6 Å². The molecule has 1 heterocycles. The van der Waals surface area contributed by atoms with Crippen molar-refractivity contribution in [3.8, 4) is 0 Å². The van der Waals surface area contributed by atoms with Crippen LogP contribution in [0.4, 0.5) is 4.39 Å². The number of amides is 2. The van der Waals surface area contributed by atoms with Crippen molar-refractivity contribution in [2.24, 2.45) is 11.8 Å². The summed E-state index contributed by atoms with van der Waals surface area (Å²) in [5, 5.41) is 3.09. The molecule has 2 aliphatic rings. The van der Waals surface area contributed by atoms with E-state index in [9.17, 15) is 14.0 Å². The first kappa shape index (κ1) is 20.6. The molecule has 1 N–H and O–H groups in total. The van der Waals surface area contributed by atoms with Crippen molar-refractivity contribution in [1.29, 1.82) is 0 Å². The van der Waals surface area contributed by atoms with Crippen LogP contribution in [0, 0.1) is 11.8 Å². The molecule has 0 radical (unpaired) electrons. The van der Waals surface area contributed by atoms with E-state index in [1.54, 1.807) is 17.0 Å². The lowest BCUT2D eigenvalue weighted by molar-refractivity contribution is -0.146. The topological polar surface area (TPSA) is 49.4 Å². The van der Waals surface area contributed by atoms with Gasteiger partial charge in [0.05, 0.1) is 6.04 Å². The molecule has 2 fully saturated rings. The van der Waals surface area contributed by atoms with E-state index < -0.39 is 12.7 Å². The standard InChI is InChI=1S/C25H29FN2O2/c1-16(2)12-23-24(29)27-22(19-10-8-17(14-26)9-11-19)15-28(23)25(30)21-13-20(21)18-6-4-3-5-7-18/h3-11,16,20-23H,12-15H2,1-2H3,(H,27,29)/t20-,21+,22+,23-/m0/s1. The Morgan fingerprint density at radius 2 is 1.80 bits per heavy atom. The molecule has 30 heavy (non-hydrogen) atoms. The molecule has 0 spiro atoms. The Bertz CT molecular complexity index is 897. The minimum atomic E-state index is -0.513. The Labute approximate surface area is 177 Å². The summed E-state index contributed by atoms with van der Waals surface area (Å²) in [5.41, 5.74) is 2.70. The minimum absolute atomic E-state index is 0.0532. The van der Waals surface area contributed by atoms with Crippen LogP contribution in [0.3, 0.4) is 0 Å². The lowest BCUT2D eigenvalue weighted by atomic mass is 9.94. The average molecular weight is 409 g/mol. The van der Waals surface area contributed by atoms with Gasteiger partial charge in [0.1, 0.15) is 12.7 Å². The summed E-state index contributed by atoms with van der Waals surface area (Å²) in [6, 6.07) is 16.6. The Hall–Kier alpha value is -2.69. The molecule has 2 aromatic rings. The van der Waals surface area contributed by atoms with Gasteiger partial charge in [-0.2, -0.15) is 0 Å². The van der Waals surface area contributed by atoms with E-state index in [2.05, 4.69) is 31.3 Å². The number of hydrogen-bond acceptors (Lipinski definition) is 2. The van der Waals surface area contributed by atoms with E-state index >= 15 is 0 Å². The van der Waals surface area contributed by atoms with Gasteiger partial charge in [-0.25, -0.2) is 4.39 Å². The summed E-state index contributed by atoms with van der Waals surface area (Å²) in [7, 11) is 0. The molecule has 4 rings (SSSR count). The highest BCUT2D eigenvalue weighted by molar-refractivity contribution is 5.91. The lowest BCUT2D eigenvalue weighted by Gasteiger charge is -2.40. The predicted octanol–water partition coefficient (Wildman–Crippen LogP) is 4.37. The summed E-state index contributed by atoms with van der Waals surface area (Å²) in [6.45, 7) is 4.08. The molecule has 1 saturated carbocycles. The Morgan fingerprint density at radius 3 is 2.43 bits per heavy atom. The van der Waals surface area contributed by atoms with Crippen molar-refractivity contribution in [3.63, 3.8) is 0 Å². The van der Waals surface area contributed by atoms with Crippen molar-refractivity contribution in [2.75, 3.05) is 6.54 Å². The van der Waals surface area contributed by atoms with Crippen LogP contribution in [0.5, 0.6) is 0 Å². The van der Waals surface area contributed by atoms with Gasteiger partial charge in [-0.05, 0) is 41.4 Å². The van der Waals surface area contributed by atoms with Crippen LogP contribution >= 0.6 is 0 Å². The largest absolute Gasteiger partial charge is 0.346 e. The summed E-state index contributed by atoms with van der Waals surface area (Å²) in [6.07, 6.45) is 1.49. The maximum atomic E-state index is 13.5. The third kappa shape index (κ3) is 4.25. The molecule has 1 aliphatic carbocycles. The Kier molecular flexibility index (Phi) is 5.89. The third-order valence-corrected chi connectivity index (χ3v) is 6.22. The summed E-state index contributed by atoms with van der Waals surface area (Å²) in [4.78, 5) is 28.2. The third-order valence-electron chi connectivity index (χ3n) is 6.22. The first-order valence-corrected chi connectivity index (χ1v) is 10.8. The number of piperazine rings is 1. The number of carbonyl (C=O) groups is 2. The number of nitrogens with zero attached hydrogens (tertiary/aromatic N) is 1. The highest BCUT2D eigenvalue weighted by Crippen LogP contribution is 2.49. The zero-order valence-corrected chi connectivity index (χ0v) is 17.6. The van der Waals surface area contributed by atoms with Crippen LogP contribution in [0.25, 0.3) is 0 Å². The van der Waals surface area contributed by atoms with Gasteiger partial charge in [-0.15, -0.1) is 0 Å². The Balaban J connectivity index is 1.54. The number of carbonyl (C=O) groups excluding carboxylic acids is 2. The summed E-state index contributed by atoms with van der Waals surface area (Å²) < 4.78 is 12.9. The number of nitrogens with one attached hydrogen (secondary N) is 1. The second kappa shape index (κ2) is 8.58. The van der Waals surface area contributed by atoms with Gasteiger partial charge in [0, 0.05) is 12.5 Å². The van der Waals surface area contributed by atoms with Crippen LogP contribution < -0.4 is 5.32 Å². The van der Waals surface area contributed by atoms with Gasteiger partial charge in [0.2, 0.25) is 11.8 Å². The molecule has 0 aromatic heterocycles. The number of alkyl halides is 1. The van der Waals surface area contributed by atoms with Gasteiger partial charge >= 0.3 is 0 Å². The Morgan fingerprint density at radius 1 is 1.10 bits per heavy atom. The van der Waals surface area contributed by atoms with Gasteiger partial charge in [0.15, 0.2) is 0 Å². The van der Waals surface area contributed by atoms with Crippen molar-refractivity contribution in [2.45, 2.75) is 51.4 Å². The normalized spacial score (nSPS) is 25.9. The van der Waals surface area contributed by atoms with E-state index in [-0.39, 0.29) is 29.7 Å². The predicted molar refractivity (Wildman–Crippen MR) is 114 cm³/mol. The van der Waals surface area contributed by atoms with Gasteiger partial charge < -0.3 is 10.2 Å². The van der Waals surface area contributed by atoms with Crippen LogP contribution in [0.2, 0.25) is 0 Å². The minimum Gasteiger partial charge on any atom is -0.346 e. The average Bonchev–Trinajstić information content (AvgIpc) is 3.56. The molecule has 4 nitrogen and oxygen atoms in total. The van der Waals surface area contributed by atoms with Crippen molar-refractivity contribution >= 4 is 11.8 Å². The zero-order chi connectivity index (χ0) is 21.3. The van der Waals surface area contributed by atoms with Crippen molar-refractivity contribution in [3.05, 3.63) is 71.3 Å². The highest BCUT2D eigenvalue weighted by Gasteiger charge is 2.49. The summed E-state index contributed by atoms with van der Waals surface area (Å²) in [5.74, 6) is 0.475. The number of rotatable bonds is 6. The van der Waals surface area contributed by atoms with Gasteiger partial charge in [0.25, 0.3) is 0 Å². The fourth-order valence-corrected chi connectivity index (χ4v) is 4.48. The monoisotopic (exact) mass is 408 g/mol. The van der Waals surface area contributed by atoms with Crippen LogP contribution in [-0.4, -0.2) is 29.3 Å². The quantitative estimate of drug-likeness (QED) is 0.771. The van der Waals surface area contributed by atoms with E-state index in [0.717, 1.165) is 12.0 Å². The molecule has 2 aromatic carbocycles. The molecule has 158 valence electrons. The maximum Gasteiger partial charge on any atom is 0.243 e. The zero-order valence-electron chi connectivity index (χ0n) is 17.6. The first-order chi connectivity index (χ1) is 14.5. The number of hydrogen-bond donors (Lipinski definition) is 1. The second-order valence-electron chi connectivity index (χ2n) is 8.93. The van der Waals surface area contributed by atoms with Gasteiger partial charge in [-0.1, -0.05) is 68.4 Å². The molecule has 2 amide bonds. The SMILES string of the molecule is CC(C)C[C@H]1C(=O)N[C@@H](c2ccc(CF)cc2)CN1C(=O)[C@@H]1C[C@H]1c1ccccc1. The van der Waals surface area contributed by atoms with Gasteiger partial charge in [-0.3, -0.25) is 9.59 Å². The van der Waals surface area contributed by atoms with E-state index in [4.69, 9.17) is 0 Å². The van der Waals surface area contributed by atoms with E-state index in [1.807, 2.05) is 30.3 Å². The first-order valence-electron chi connectivity index (χ1n) is 10.8. The fraction of sp³-hybridized carbons (Fsp3) is 0.440. The van der Waals surface area contributed by atoms with E-state index in [0.29, 0.717) is 24.4 Å². The van der Waals surface area contributed by atoms with Crippen molar-refractivity contribution < 1.29 is 14.0 Å². The van der Waals surface area contributed by atoms with Crippen LogP contribution in [-0.2, 0) is 16.3 Å². The number of benzene rings is 2. The molecule has 0 unspecified atom stereocenters. The lowest BCUT2D eigenvalue weighted by Crippen LogP contribution is -2.59. The molecule has 1 saturated heterocycles.